The van der Waals surface area contributed by atoms with Crippen LogP contribution < -0.4 is 0 Å². The summed E-state index contributed by atoms with van der Waals surface area (Å²) in [5.41, 5.74) is 1.24. The number of aryl methyl sites for hydroxylation is 1. The van der Waals surface area contributed by atoms with E-state index in [2.05, 4.69) is 9.89 Å². The van der Waals surface area contributed by atoms with E-state index in [9.17, 15) is 9.59 Å². The molecule has 0 spiro atoms. The summed E-state index contributed by atoms with van der Waals surface area (Å²) in [4.78, 5) is 24.6. The Morgan fingerprint density at radius 3 is 2.70 bits per heavy atom. The number of esters is 2. The van der Waals surface area contributed by atoms with E-state index in [1.807, 2.05) is 25.1 Å². The number of hydrogen-bond acceptors (Lipinski definition) is 8. The number of rotatable bonds is 7. The molecule has 2 aromatic heterocycles. The Morgan fingerprint density at radius 2 is 1.96 bits per heavy atom. The predicted octanol–water partition coefficient (Wildman–Crippen LogP) is 4.01. The number of hydrogen-bond donors (Lipinski definition) is 0. The van der Waals surface area contributed by atoms with Crippen molar-refractivity contribution in [3.05, 3.63) is 71.0 Å². The molecule has 0 fully saturated rings. The molecule has 0 atom stereocenters. The average Bonchev–Trinajstić information content (AvgIpc) is 3.33. The molecule has 0 aliphatic heterocycles. The van der Waals surface area contributed by atoms with Gasteiger partial charge in [0.2, 0.25) is 5.76 Å². The molecule has 0 aliphatic rings. The number of benzene rings is 1. The normalized spacial score (nSPS) is 10.6. The van der Waals surface area contributed by atoms with Gasteiger partial charge in [-0.3, -0.25) is 0 Å². The molecule has 3 aromatic rings. The van der Waals surface area contributed by atoms with Crippen LogP contribution in [-0.4, -0.2) is 24.2 Å². The van der Waals surface area contributed by atoms with Gasteiger partial charge in [0.15, 0.2) is 0 Å². The van der Waals surface area contributed by atoms with E-state index in [1.165, 1.54) is 24.9 Å². The second-order valence-electron chi connectivity index (χ2n) is 5.55. The number of carbonyl (C=O) groups excluding carboxylic acids is 2. The second kappa shape index (κ2) is 8.59. The number of carbonyl (C=O) groups is 2. The van der Waals surface area contributed by atoms with Crippen molar-refractivity contribution in [1.82, 2.24) is 5.16 Å². The number of nitrogens with zero attached hydrogens (tertiary/aromatic N) is 1. The lowest BCUT2D eigenvalue weighted by atomic mass is 10.2. The SMILES string of the molecule is COC(=O)c1ccc(COC(=O)c2ccccc2SCc2cc(C)on2)o1. The van der Waals surface area contributed by atoms with Crippen molar-refractivity contribution >= 4 is 23.7 Å². The van der Waals surface area contributed by atoms with E-state index in [1.54, 1.807) is 18.2 Å². The van der Waals surface area contributed by atoms with Gasteiger partial charge in [-0.25, -0.2) is 9.59 Å². The van der Waals surface area contributed by atoms with E-state index in [0.29, 0.717) is 17.1 Å². The monoisotopic (exact) mass is 387 g/mol. The molecule has 27 heavy (non-hydrogen) atoms. The molecule has 0 amide bonds. The zero-order valence-electron chi connectivity index (χ0n) is 14.8. The van der Waals surface area contributed by atoms with Gasteiger partial charge >= 0.3 is 11.9 Å². The summed E-state index contributed by atoms with van der Waals surface area (Å²) in [5, 5.41) is 3.94. The van der Waals surface area contributed by atoms with Gasteiger partial charge in [-0.2, -0.15) is 0 Å². The Hall–Kier alpha value is -3.00. The minimum Gasteiger partial charge on any atom is -0.463 e. The Bertz CT molecular complexity index is 945. The van der Waals surface area contributed by atoms with Crippen molar-refractivity contribution < 1.29 is 28.0 Å². The van der Waals surface area contributed by atoms with Gasteiger partial charge in [0.25, 0.3) is 0 Å². The minimum atomic E-state index is -0.586. The molecule has 0 unspecified atom stereocenters. The molecule has 0 N–H and O–H groups in total. The van der Waals surface area contributed by atoms with Gasteiger partial charge in [0, 0.05) is 16.7 Å². The Morgan fingerprint density at radius 1 is 1.15 bits per heavy atom. The number of furan rings is 1. The lowest BCUT2D eigenvalue weighted by Gasteiger charge is -2.08. The first-order valence-corrected chi connectivity index (χ1v) is 9.03. The quantitative estimate of drug-likeness (QED) is 0.443. The summed E-state index contributed by atoms with van der Waals surface area (Å²) in [5.74, 6) is 0.655. The van der Waals surface area contributed by atoms with Gasteiger partial charge in [-0.1, -0.05) is 17.3 Å². The molecule has 0 aliphatic carbocycles. The summed E-state index contributed by atoms with van der Waals surface area (Å²) < 4.78 is 20.2. The molecule has 140 valence electrons. The van der Waals surface area contributed by atoms with Gasteiger partial charge < -0.3 is 18.4 Å². The maximum Gasteiger partial charge on any atom is 0.373 e. The highest BCUT2D eigenvalue weighted by molar-refractivity contribution is 7.98. The van der Waals surface area contributed by atoms with Crippen LogP contribution in [0.5, 0.6) is 0 Å². The van der Waals surface area contributed by atoms with Crippen LogP contribution in [0.25, 0.3) is 0 Å². The van der Waals surface area contributed by atoms with Crippen molar-refractivity contribution in [2.75, 3.05) is 7.11 Å². The molecule has 1 aromatic carbocycles. The minimum absolute atomic E-state index is 0.0578. The molecular formula is C19H17NO6S. The summed E-state index contributed by atoms with van der Waals surface area (Å²) in [6, 6.07) is 12.0. The standard InChI is InChI=1S/C19H17NO6S/c1-12-9-13(20-26-12)11-27-17-6-4-3-5-15(17)18(21)24-10-14-7-8-16(25-14)19(22)23-2/h3-9H,10-11H2,1-2H3. The Kier molecular flexibility index (Phi) is 5.97. The molecule has 2 heterocycles. The Labute approximate surface area is 159 Å². The summed E-state index contributed by atoms with van der Waals surface area (Å²) in [7, 11) is 1.26. The highest BCUT2D eigenvalue weighted by Gasteiger charge is 2.16. The predicted molar refractivity (Wildman–Crippen MR) is 96.4 cm³/mol. The third-order valence-electron chi connectivity index (χ3n) is 3.55. The lowest BCUT2D eigenvalue weighted by molar-refractivity contribution is 0.0434. The smallest absolute Gasteiger partial charge is 0.373 e. The van der Waals surface area contributed by atoms with Crippen LogP contribution in [0.15, 0.2) is 56.3 Å². The van der Waals surface area contributed by atoms with Crippen LogP contribution in [-0.2, 0) is 21.8 Å². The maximum absolute atomic E-state index is 12.4. The first-order valence-electron chi connectivity index (χ1n) is 8.05. The number of ether oxygens (including phenoxy) is 2. The van der Waals surface area contributed by atoms with Gasteiger partial charge in [-0.15, -0.1) is 11.8 Å². The Balaban J connectivity index is 1.62. The van der Waals surface area contributed by atoms with E-state index in [4.69, 9.17) is 13.7 Å². The second-order valence-corrected chi connectivity index (χ2v) is 6.56. The fourth-order valence-corrected chi connectivity index (χ4v) is 3.20. The van der Waals surface area contributed by atoms with E-state index in [0.717, 1.165) is 16.3 Å². The third kappa shape index (κ3) is 4.79. The van der Waals surface area contributed by atoms with Crippen molar-refractivity contribution in [3.63, 3.8) is 0 Å². The third-order valence-corrected chi connectivity index (χ3v) is 4.66. The summed E-state index contributed by atoms with van der Waals surface area (Å²) in [6.45, 7) is 1.74. The first-order chi connectivity index (χ1) is 13.1. The molecule has 0 saturated heterocycles. The van der Waals surface area contributed by atoms with Crippen molar-refractivity contribution in [2.45, 2.75) is 24.2 Å². The van der Waals surface area contributed by atoms with Crippen molar-refractivity contribution in [2.24, 2.45) is 0 Å². The highest BCUT2D eigenvalue weighted by Crippen LogP contribution is 2.27. The van der Waals surface area contributed by atoms with Crippen LogP contribution in [0.4, 0.5) is 0 Å². The number of thioether (sulfide) groups is 1. The van der Waals surface area contributed by atoms with Crippen LogP contribution in [0.3, 0.4) is 0 Å². The number of methoxy groups -OCH3 is 1. The van der Waals surface area contributed by atoms with E-state index < -0.39 is 11.9 Å². The van der Waals surface area contributed by atoms with Gasteiger partial charge in [-0.05, 0) is 31.2 Å². The largest absolute Gasteiger partial charge is 0.463 e. The zero-order valence-corrected chi connectivity index (χ0v) is 15.6. The average molecular weight is 387 g/mol. The summed E-state index contributed by atoms with van der Waals surface area (Å²) >= 11 is 1.47. The molecule has 7 nitrogen and oxygen atoms in total. The molecular weight excluding hydrogens is 370 g/mol. The maximum atomic E-state index is 12.4. The lowest BCUT2D eigenvalue weighted by Crippen LogP contribution is -2.06. The molecule has 0 radical (unpaired) electrons. The number of aromatic nitrogens is 1. The van der Waals surface area contributed by atoms with Crippen LogP contribution in [0.2, 0.25) is 0 Å². The molecule has 0 bridgehead atoms. The van der Waals surface area contributed by atoms with Crippen LogP contribution in [0.1, 0.15) is 38.1 Å². The van der Waals surface area contributed by atoms with Crippen molar-refractivity contribution in [3.8, 4) is 0 Å². The molecule has 8 heteroatoms. The highest BCUT2D eigenvalue weighted by atomic mass is 32.2. The molecule has 0 saturated carbocycles. The van der Waals surface area contributed by atoms with Gasteiger partial charge in [0.1, 0.15) is 18.1 Å². The first kappa shape index (κ1) is 18.8. The van der Waals surface area contributed by atoms with Crippen molar-refractivity contribution in [1.29, 1.82) is 0 Å². The van der Waals surface area contributed by atoms with Crippen LogP contribution >= 0.6 is 11.8 Å². The fourth-order valence-electron chi connectivity index (χ4n) is 2.28. The fraction of sp³-hybridized carbons (Fsp3) is 0.211. The zero-order chi connectivity index (χ0) is 19.2. The topological polar surface area (TPSA) is 91.8 Å². The molecule has 3 rings (SSSR count). The van der Waals surface area contributed by atoms with Crippen LogP contribution in [0, 0.1) is 6.92 Å². The van der Waals surface area contributed by atoms with Gasteiger partial charge in [0.05, 0.1) is 18.4 Å². The summed E-state index contributed by atoms with van der Waals surface area (Å²) in [6.07, 6.45) is 0. The van der Waals surface area contributed by atoms with E-state index in [-0.39, 0.29) is 12.4 Å². The van der Waals surface area contributed by atoms with E-state index >= 15 is 0 Å².